The van der Waals surface area contributed by atoms with E-state index in [0.717, 1.165) is 22.9 Å². The Hall–Kier alpha value is -0.540. The molecule has 0 saturated heterocycles. The summed E-state index contributed by atoms with van der Waals surface area (Å²) in [4.78, 5) is 0. The molecule has 0 radical (unpaired) electrons. The van der Waals surface area contributed by atoms with Crippen molar-refractivity contribution in [1.29, 1.82) is 0 Å². The van der Waals surface area contributed by atoms with Crippen molar-refractivity contribution in [1.82, 2.24) is 0 Å². The summed E-state index contributed by atoms with van der Waals surface area (Å²) in [7, 11) is 0. The Morgan fingerprint density at radius 2 is 2.14 bits per heavy atom. The molecule has 2 nitrogen and oxygen atoms in total. The number of nitrogen functional groups attached to an aromatic ring is 1. The van der Waals surface area contributed by atoms with Crippen LogP contribution < -0.4 is 5.73 Å². The summed E-state index contributed by atoms with van der Waals surface area (Å²) < 4.78 is 0.869. The summed E-state index contributed by atoms with van der Waals surface area (Å²) in [6, 6.07) is 5.72. The van der Waals surface area contributed by atoms with Gasteiger partial charge in [0, 0.05) is 10.0 Å². The van der Waals surface area contributed by atoms with Crippen LogP contribution in [-0.2, 0) is 0 Å². The maximum Gasteiger partial charge on any atom is 0.0838 e. The van der Waals surface area contributed by atoms with Crippen molar-refractivity contribution in [3.8, 4) is 0 Å². The third-order valence-corrected chi connectivity index (χ3v) is 3.69. The van der Waals surface area contributed by atoms with Crippen LogP contribution in [0, 0.1) is 5.92 Å². The lowest BCUT2D eigenvalue weighted by Crippen LogP contribution is -2.20. The number of anilines is 1. The summed E-state index contributed by atoms with van der Waals surface area (Å²) in [6.45, 7) is 0. The second kappa shape index (κ2) is 3.91. The molecule has 3 N–H and O–H groups in total. The quantitative estimate of drug-likeness (QED) is 0.799. The normalized spacial score (nSPS) is 19.0. The fourth-order valence-electron chi connectivity index (χ4n) is 1.82. The van der Waals surface area contributed by atoms with Crippen LogP contribution in [0.3, 0.4) is 0 Å². The minimum absolute atomic E-state index is 0.388. The number of hydrogen-bond acceptors (Lipinski definition) is 2. The number of halogens is 1. The first-order valence-electron chi connectivity index (χ1n) is 4.92. The lowest BCUT2D eigenvalue weighted by Gasteiger charge is -2.31. The van der Waals surface area contributed by atoms with Gasteiger partial charge in [-0.3, -0.25) is 0 Å². The predicted octanol–water partition coefficient (Wildman–Crippen LogP) is 2.86. The molecule has 1 saturated carbocycles. The standard InChI is InChI=1S/C11H14BrNO/c12-9-6-2-5-8(10(9)13)11(14)7-3-1-4-7/h2,5-7,11,14H,1,3-4,13H2. The summed E-state index contributed by atoms with van der Waals surface area (Å²) in [5.41, 5.74) is 7.43. The average molecular weight is 256 g/mol. The van der Waals surface area contributed by atoms with Gasteiger partial charge in [0.1, 0.15) is 0 Å². The highest BCUT2D eigenvalue weighted by Crippen LogP contribution is 2.40. The first-order valence-corrected chi connectivity index (χ1v) is 5.71. The van der Waals surface area contributed by atoms with Gasteiger partial charge in [0.25, 0.3) is 0 Å². The summed E-state index contributed by atoms with van der Waals surface area (Å²) in [5, 5.41) is 10.0. The van der Waals surface area contributed by atoms with E-state index in [2.05, 4.69) is 15.9 Å². The molecule has 3 heteroatoms. The minimum Gasteiger partial charge on any atom is -0.398 e. The Morgan fingerprint density at radius 1 is 1.43 bits per heavy atom. The third-order valence-electron chi connectivity index (χ3n) is 3.00. The van der Waals surface area contributed by atoms with E-state index in [1.165, 1.54) is 6.42 Å². The highest BCUT2D eigenvalue weighted by molar-refractivity contribution is 9.10. The van der Waals surface area contributed by atoms with Crippen molar-refractivity contribution in [2.45, 2.75) is 25.4 Å². The van der Waals surface area contributed by atoms with Crippen molar-refractivity contribution in [3.05, 3.63) is 28.2 Å². The minimum atomic E-state index is -0.388. The van der Waals surface area contributed by atoms with Gasteiger partial charge in [0.2, 0.25) is 0 Å². The van der Waals surface area contributed by atoms with Crippen LogP contribution >= 0.6 is 15.9 Å². The smallest absolute Gasteiger partial charge is 0.0838 e. The van der Waals surface area contributed by atoms with E-state index in [0.29, 0.717) is 11.6 Å². The molecule has 14 heavy (non-hydrogen) atoms. The molecular formula is C11H14BrNO. The zero-order valence-corrected chi connectivity index (χ0v) is 9.50. The fourth-order valence-corrected chi connectivity index (χ4v) is 2.20. The summed E-state index contributed by atoms with van der Waals surface area (Å²) in [6.07, 6.45) is 3.08. The van der Waals surface area contributed by atoms with Gasteiger partial charge in [0.05, 0.1) is 11.8 Å². The van der Waals surface area contributed by atoms with E-state index < -0.39 is 0 Å². The highest BCUT2D eigenvalue weighted by atomic mass is 79.9. The van der Waals surface area contributed by atoms with Gasteiger partial charge in [-0.1, -0.05) is 18.6 Å². The molecular weight excluding hydrogens is 242 g/mol. The summed E-state index contributed by atoms with van der Waals surface area (Å²) >= 11 is 3.37. The number of benzene rings is 1. The van der Waals surface area contributed by atoms with Crippen molar-refractivity contribution in [2.75, 3.05) is 5.73 Å². The first-order chi connectivity index (χ1) is 6.70. The average Bonchev–Trinajstić information content (AvgIpc) is 2.06. The first kappa shape index (κ1) is 9.99. The second-order valence-corrected chi connectivity index (χ2v) is 4.73. The third kappa shape index (κ3) is 1.66. The molecule has 1 aliphatic rings. The zero-order chi connectivity index (χ0) is 10.1. The molecule has 2 rings (SSSR count). The summed E-state index contributed by atoms with van der Waals surface area (Å²) in [5.74, 6) is 0.409. The number of hydrogen-bond donors (Lipinski definition) is 2. The van der Waals surface area contributed by atoms with Gasteiger partial charge >= 0.3 is 0 Å². The van der Waals surface area contributed by atoms with Crippen LogP contribution in [0.1, 0.15) is 30.9 Å². The van der Waals surface area contributed by atoms with Gasteiger partial charge in [-0.2, -0.15) is 0 Å². The molecule has 1 atom stereocenters. The van der Waals surface area contributed by atoms with E-state index in [9.17, 15) is 5.11 Å². The van der Waals surface area contributed by atoms with Crippen LogP contribution in [-0.4, -0.2) is 5.11 Å². The monoisotopic (exact) mass is 255 g/mol. The molecule has 0 amide bonds. The topological polar surface area (TPSA) is 46.2 Å². The number of nitrogens with two attached hydrogens (primary N) is 1. The largest absolute Gasteiger partial charge is 0.398 e. The SMILES string of the molecule is Nc1c(Br)cccc1C(O)C1CCC1. The maximum absolute atomic E-state index is 10.0. The lowest BCUT2D eigenvalue weighted by atomic mass is 9.78. The fraction of sp³-hybridized carbons (Fsp3) is 0.455. The van der Waals surface area contributed by atoms with E-state index in [4.69, 9.17) is 5.73 Å². The Bertz CT molecular complexity index is 336. The molecule has 76 valence electrons. The van der Waals surface area contributed by atoms with Crippen LogP contribution in [0.5, 0.6) is 0 Å². The molecule has 1 aliphatic carbocycles. The van der Waals surface area contributed by atoms with Gasteiger partial charge < -0.3 is 10.8 Å². The Balaban J connectivity index is 2.26. The second-order valence-electron chi connectivity index (χ2n) is 3.88. The Morgan fingerprint density at radius 3 is 2.71 bits per heavy atom. The molecule has 1 fully saturated rings. The molecule has 1 aromatic rings. The lowest BCUT2D eigenvalue weighted by molar-refractivity contribution is 0.0626. The molecule has 0 aromatic heterocycles. The van der Waals surface area contributed by atoms with Crippen LogP contribution in [0.2, 0.25) is 0 Å². The van der Waals surface area contributed by atoms with Crippen LogP contribution in [0.25, 0.3) is 0 Å². The molecule has 0 heterocycles. The van der Waals surface area contributed by atoms with Gasteiger partial charge in [-0.05, 0) is 40.8 Å². The zero-order valence-electron chi connectivity index (χ0n) is 7.91. The Kier molecular flexibility index (Phi) is 2.79. The van der Waals surface area contributed by atoms with Crippen LogP contribution in [0.4, 0.5) is 5.69 Å². The van der Waals surface area contributed by atoms with Crippen molar-refractivity contribution in [2.24, 2.45) is 5.92 Å². The molecule has 0 aliphatic heterocycles. The molecule has 1 unspecified atom stereocenters. The van der Waals surface area contributed by atoms with E-state index in [-0.39, 0.29) is 6.10 Å². The van der Waals surface area contributed by atoms with Gasteiger partial charge in [-0.15, -0.1) is 0 Å². The number of para-hydroxylation sites is 1. The number of rotatable bonds is 2. The van der Waals surface area contributed by atoms with Crippen molar-refractivity contribution < 1.29 is 5.11 Å². The van der Waals surface area contributed by atoms with Gasteiger partial charge in [-0.25, -0.2) is 0 Å². The van der Waals surface area contributed by atoms with Crippen molar-refractivity contribution in [3.63, 3.8) is 0 Å². The number of aliphatic hydroxyl groups excluding tert-OH is 1. The van der Waals surface area contributed by atoms with Crippen LogP contribution in [0.15, 0.2) is 22.7 Å². The molecule has 0 bridgehead atoms. The van der Waals surface area contributed by atoms with Crippen molar-refractivity contribution >= 4 is 21.6 Å². The highest BCUT2D eigenvalue weighted by Gasteiger charge is 2.28. The molecule has 1 aromatic carbocycles. The van der Waals surface area contributed by atoms with E-state index in [1.807, 2.05) is 18.2 Å². The maximum atomic E-state index is 10.0. The molecule has 0 spiro atoms. The Labute approximate surface area is 92.3 Å². The van der Waals surface area contributed by atoms with E-state index in [1.54, 1.807) is 0 Å². The van der Waals surface area contributed by atoms with Gasteiger partial charge in [0.15, 0.2) is 0 Å². The predicted molar refractivity (Wildman–Crippen MR) is 60.9 cm³/mol. The number of aliphatic hydroxyl groups is 1. The van der Waals surface area contributed by atoms with E-state index >= 15 is 0 Å².